The summed E-state index contributed by atoms with van der Waals surface area (Å²) in [4.78, 5) is 14.9. The Balaban J connectivity index is 1.47. The first-order valence-electron chi connectivity index (χ1n) is 9.00. The van der Waals surface area contributed by atoms with Gasteiger partial charge < -0.3 is 19.5 Å². The minimum Gasteiger partial charge on any atom is -0.381 e. The molecular weight excluding hydrogens is 314 g/mol. The van der Waals surface area contributed by atoms with Gasteiger partial charge >= 0.3 is 6.03 Å². The van der Waals surface area contributed by atoms with E-state index >= 15 is 0 Å². The number of carbonyl (C=O) groups excluding carboxylic acids is 1. The van der Waals surface area contributed by atoms with Crippen molar-refractivity contribution in [3.63, 3.8) is 0 Å². The lowest BCUT2D eigenvalue weighted by atomic mass is 9.84. The first kappa shape index (κ1) is 16.2. The van der Waals surface area contributed by atoms with Crippen molar-refractivity contribution in [3.05, 3.63) is 59.9 Å². The van der Waals surface area contributed by atoms with Gasteiger partial charge in [0.2, 0.25) is 0 Å². The van der Waals surface area contributed by atoms with Gasteiger partial charge in [-0.15, -0.1) is 0 Å². The van der Waals surface area contributed by atoms with Crippen LogP contribution in [-0.4, -0.2) is 41.3 Å². The molecular formula is C20H25N3O2. The maximum absolute atomic E-state index is 12.8. The maximum Gasteiger partial charge on any atom is 0.317 e. The summed E-state index contributed by atoms with van der Waals surface area (Å²) >= 11 is 0. The van der Waals surface area contributed by atoms with E-state index in [1.807, 2.05) is 41.0 Å². The number of hydrogen-bond donors (Lipinski definition) is 1. The van der Waals surface area contributed by atoms with Crippen LogP contribution in [0.2, 0.25) is 0 Å². The van der Waals surface area contributed by atoms with Gasteiger partial charge in [-0.3, -0.25) is 0 Å². The monoisotopic (exact) mass is 339 g/mol. The second-order valence-corrected chi connectivity index (χ2v) is 7.11. The zero-order valence-corrected chi connectivity index (χ0v) is 14.6. The van der Waals surface area contributed by atoms with Gasteiger partial charge in [0.15, 0.2) is 0 Å². The summed E-state index contributed by atoms with van der Waals surface area (Å²) in [7, 11) is 1.99. The molecule has 5 heteroatoms. The topological polar surface area (TPSA) is 46.5 Å². The van der Waals surface area contributed by atoms with Crippen LogP contribution in [0.3, 0.4) is 0 Å². The summed E-state index contributed by atoms with van der Waals surface area (Å²) in [5, 5.41) is 3.09. The maximum atomic E-state index is 12.8. The highest BCUT2D eigenvalue weighted by molar-refractivity contribution is 5.75. The van der Waals surface area contributed by atoms with Crippen LogP contribution in [-0.2, 0) is 18.3 Å². The molecule has 25 heavy (non-hydrogen) atoms. The van der Waals surface area contributed by atoms with Crippen LogP contribution >= 0.6 is 0 Å². The lowest BCUT2D eigenvalue weighted by molar-refractivity contribution is 0.0261. The number of benzene rings is 1. The molecule has 0 spiro atoms. The first-order valence-corrected chi connectivity index (χ1v) is 9.00. The highest BCUT2D eigenvalue weighted by Crippen LogP contribution is 2.40. The number of hydrogen-bond acceptors (Lipinski definition) is 2. The fourth-order valence-corrected chi connectivity index (χ4v) is 4.23. The molecule has 1 N–H and O–H groups in total. The van der Waals surface area contributed by atoms with Gasteiger partial charge in [0.05, 0.1) is 6.61 Å². The minimum absolute atomic E-state index is 0.0409. The van der Waals surface area contributed by atoms with Gasteiger partial charge in [0.1, 0.15) is 0 Å². The van der Waals surface area contributed by atoms with Gasteiger partial charge in [-0.1, -0.05) is 30.3 Å². The van der Waals surface area contributed by atoms with Crippen LogP contribution in [0.5, 0.6) is 0 Å². The van der Waals surface area contributed by atoms with Gasteiger partial charge in [-0.2, -0.15) is 0 Å². The zero-order chi connectivity index (χ0) is 17.2. The molecule has 2 aliphatic rings. The predicted molar refractivity (Wildman–Crippen MR) is 96.3 cm³/mol. The fourth-order valence-electron chi connectivity index (χ4n) is 4.23. The zero-order valence-electron chi connectivity index (χ0n) is 14.6. The molecule has 2 fully saturated rings. The van der Waals surface area contributed by atoms with Crippen molar-refractivity contribution in [3.8, 4) is 0 Å². The van der Waals surface area contributed by atoms with Crippen LogP contribution < -0.4 is 5.32 Å². The molecule has 132 valence electrons. The van der Waals surface area contributed by atoms with Crippen LogP contribution in [0.25, 0.3) is 0 Å². The molecule has 4 rings (SSSR count). The Morgan fingerprint density at radius 2 is 2.12 bits per heavy atom. The average molecular weight is 339 g/mol. The number of carbonyl (C=O) groups is 1. The third-order valence-corrected chi connectivity index (χ3v) is 5.50. The van der Waals surface area contributed by atoms with E-state index in [0.717, 1.165) is 31.7 Å². The lowest BCUT2D eigenvalue weighted by Crippen LogP contribution is -2.46. The number of fused-ring (bicyclic) bond motifs is 1. The molecule has 0 aliphatic carbocycles. The number of nitrogens with zero attached hydrogens (tertiary/aromatic N) is 2. The standard InChI is InChI=1S/C20H25N3O2/c1-22-9-7-15(12-22)11-21-20(24)23-13-17(16-5-3-2-4-6-16)18-14-25-10-8-19(18)23/h2-7,9,12,17-19H,8,10-11,13-14H2,1H3,(H,21,24). The predicted octanol–water partition coefficient (Wildman–Crippen LogP) is 2.74. The molecule has 3 unspecified atom stereocenters. The molecule has 1 aromatic heterocycles. The van der Waals surface area contributed by atoms with E-state index in [2.05, 4.69) is 29.6 Å². The number of aryl methyl sites for hydroxylation is 1. The molecule has 0 bridgehead atoms. The normalized spacial score (nSPS) is 25.6. The number of aromatic nitrogens is 1. The lowest BCUT2D eigenvalue weighted by Gasteiger charge is -2.32. The Labute approximate surface area is 148 Å². The van der Waals surface area contributed by atoms with Crippen LogP contribution in [0, 0.1) is 5.92 Å². The summed E-state index contributed by atoms with van der Waals surface area (Å²) in [6.07, 6.45) is 4.96. The molecule has 0 saturated carbocycles. The second kappa shape index (κ2) is 6.92. The van der Waals surface area contributed by atoms with Crippen molar-refractivity contribution in [2.45, 2.75) is 24.9 Å². The Hall–Kier alpha value is -2.27. The highest BCUT2D eigenvalue weighted by Gasteiger charge is 2.45. The van der Waals surface area contributed by atoms with E-state index in [0.29, 0.717) is 18.4 Å². The summed E-state index contributed by atoms with van der Waals surface area (Å²) in [5.41, 5.74) is 2.43. The molecule has 2 aliphatic heterocycles. The Bertz CT molecular complexity index is 728. The van der Waals surface area contributed by atoms with E-state index < -0.39 is 0 Å². The van der Waals surface area contributed by atoms with Gasteiger partial charge in [0.25, 0.3) is 0 Å². The first-order chi connectivity index (χ1) is 12.2. The number of rotatable bonds is 3. The summed E-state index contributed by atoms with van der Waals surface area (Å²) < 4.78 is 7.73. The second-order valence-electron chi connectivity index (χ2n) is 7.11. The molecule has 2 amide bonds. The summed E-state index contributed by atoms with van der Waals surface area (Å²) in [5.74, 6) is 0.743. The van der Waals surface area contributed by atoms with Gasteiger partial charge in [-0.05, 0) is 23.6 Å². The molecule has 3 heterocycles. The van der Waals surface area contributed by atoms with E-state index in [9.17, 15) is 4.79 Å². The van der Waals surface area contributed by atoms with Crippen molar-refractivity contribution >= 4 is 6.03 Å². The summed E-state index contributed by atoms with van der Waals surface area (Å²) in [6.45, 7) is 2.82. The molecule has 2 aromatic rings. The number of nitrogens with one attached hydrogen (secondary N) is 1. The van der Waals surface area contributed by atoms with Crippen LogP contribution in [0.1, 0.15) is 23.5 Å². The quantitative estimate of drug-likeness (QED) is 0.935. The van der Waals surface area contributed by atoms with Crippen molar-refractivity contribution < 1.29 is 9.53 Å². The van der Waals surface area contributed by atoms with Gasteiger partial charge in [0, 0.05) is 57.0 Å². The molecule has 2 saturated heterocycles. The van der Waals surface area contributed by atoms with E-state index in [-0.39, 0.29) is 12.1 Å². The van der Waals surface area contributed by atoms with Crippen molar-refractivity contribution in [2.75, 3.05) is 19.8 Å². The molecule has 0 radical (unpaired) electrons. The molecule has 5 nitrogen and oxygen atoms in total. The van der Waals surface area contributed by atoms with Crippen molar-refractivity contribution in [2.24, 2.45) is 13.0 Å². The third-order valence-electron chi connectivity index (χ3n) is 5.50. The largest absolute Gasteiger partial charge is 0.381 e. The number of amides is 2. The fraction of sp³-hybridized carbons (Fsp3) is 0.450. The summed E-state index contributed by atoms with van der Waals surface area (Å²) in [6, 6.07) is 12.9. The number of urea groups is 1. The van der Waals surface area contributed by atoms with Crippen molar-refractivity contribution in [1.82, 2.24) is 14.8 Å². The third kappa shape index (κ3) is 3.29. The molecule has 1 aromatic carbocycles. The van der Waals surface area contributed by atoms with Crippen molar-refractivity contribution in [1.29, 1.82) is 0 Å². The Morgan fingerprint density at radius 1 is 1.28 bits per heavy atom. The van der Waals surface area contributed by atoms with E-state index in [4.69, 9.17) is 4.74 Å². The van der Waals surface area contributed by atoms with E-state index in [1.165, 1.54) is 5.56 Å². The minimum atomic E-state index is 0.0409. The van der Waals surface area contributed by atoms with Crippen LogP contribution in [0.4, 0.5) is 4.79 Å². The Kier molecular flexibility index (Phi) is 4.49. The number of ether oxygens (including phenoxy) is 1. The van der Waals surface area contributed by atoms with E-state index in [1.54, 1.807) is 0 Å². The van der Waals surface area contributed by atoms with Gasteiger partial charge in [-0.25, -0.2) is 4.79 Å². The molecule has 3 atom stereocenters. The average Bonchev–Trinajstić information content (AvgIpc) is 3.24. The Morgan fingerprint density at radius 3 is 2.88 bits per heavy atom. The van der Waals surface area contributed by atoms with Crippen LogP contribution in [0.15, 0.2) is 48.8 Å². The SMILES string of the molecule is Cn1ccc(CNC(=O)N2CC(c3ccccc3)C3COCCC32)c1. The smallest absolute Gasteiger partial charge is 0.317 e. The number of likely N-dealkylation sites (tertiary alicyclic amines) is 1. The highest BCUT2D eigenvalue weighted by atomic mass is 16.5.